The Bertz CT molecular complexity index is 739. The van der Waals surface area contributed by atoms with Crippen molar-refractivity contribution in [1.82, 2.24) is 4.98 Å². The zero-order valence-electron chi connectivity index (χ0n) is 12.1. The second kappa shape index (κ2) is 6.91. The highest BCUT2D eigenvalue weighted by Gasteiger charge is 2.45. The molecule has 2 aromatic rings. The zero-order valence-corrected chi connectivity index (χ0v) is 12.8. The first kappa shape index (κ1) is 19.0. The fourth-order valence-corrected chi connectivity index (χ4v) is 2.15. The van der Waals surface area contributed by atoms with Crippen LogP contribution in [0.5, 0.6) is 5.88 Å². The maximum Gasteiger partial charge on any atom is 0.434 e. The molecule has 3 nitrogen and oxygen atoms in total. The Morgan fingerprint density at radius 2 is 1.64 bits per heavy atom. The van der Waals surface area contributed by atoms with Gasteiger partial charge in [0.25, 0.3) is 5.24 Å². The quantitative estimate of drug-likeness (QED) is 0.546. The van der Waals surface area contributed by atoms with Gasteiger partial charge in [-0.25, -0.2) is 4.98 Å². The van der Waals surface area contributed by atoms with Gasteiger partial charge < -0.3 is 4.74 Å². The van der Waals surface area contributed by atoms with E-state index < -0.39 is 40.3 Å². The molecule has 0 aliphatic rings. The molecule has 0 unspecified atom stereocenters. The van der Waals surface area contributed by atoms with E-state index in [0.717, 1.165) is 0 Å². The molecule has 0 saturated carbocycles. The average Bonchev–Trinajstić information content (AvgIpc) is 2.51. The van der Waals surface area contributed by atoms with Crippen molar-refractivity contribution in [1.29, 1.82) is 0 Å². The number of aromatic nitrogens is 1. The number of hydrogen-bond acceptors (Lipinski definition) is 3. The predicted octanol–water partition coefficient (Wildman–Crippen LogP) is 5.08. The molecule has 0 radical (unpaired) electrons. The third-order valence-corrected chi connectivity index (χ3v) is 3.18. The summed E-state index contributed by atoms with van der Waals surface area (Å²) in [5.74, 6) is -0.926. The zero-order chi connectivity index (χ0) is 18.8. The van der Waals surface area contributed by atoms with Crippen LogP contribution in [-0.2, 0) is 19.0 Å². The normalized spacial score (nSPS) is 12.1. The molecule has 1 aromatic heterocycles. The fraction of sp³-hybridized carbons (Fsp3) is 0.200. The molecule has 0 aliphatic carbocycles. The number of nitrogens with zero attached hydrogens (tertiary/aromatic N) is 1. The lowest BCUT2D eigenvalue weighted by Gasteiger charge is -2.17. The van der Waals surface area contributed by atoms with E-state index >= 15 is 0 Å². The number of alkyl halides is 6. The molecule has 0 saturated heterocycles. The Morgan fingerprint density at radius 3 is 2.12 bits per heavy atom. The molecule has 25 heavy (non-hydrogen) atoms. The van der Waals surface area contributed by atoms with Gasteiger partial charge in [0.15, 0.2) is 5.69 Å². The topological polar surface area (TPSA) is 39.2 Å². The van der Waals surface area contributed by atoms with Crippen LogP contribution in [0.3, 0.4) is 0 Å². The van der Waals surface area contributed by atoms with Crippen LogP contribution in [0.25, 0.3) is 0 Å². The summed E-state index contributed by atoms with van der Waals surface area (Å²) in [5, 5.41) is -1.92. The van der Waals surface area contributed by atoms with Crippen LogP contribution in [0.4, 0.5) is 26.3 Å². The number of pyridine rings is 1. The van der Waals surface area contributed by atoms with Crippen molar-refractivity contribution in [2.24, 2.45) is 0 Å². The van der Waals surface area contributed by atoms with Gasteiger partial charge in [-0.3, -0.25) is 4.79 Å². The average molecular weight is 384 g/mol. The molecule has 0 aliphatic heterocycles. The van der Waals surface area contributed by atoms with Crippen LogP contribution < -0.4 is 4.74 Å². The van der Waals surface area contributed by atoms with E-state index in [0.29, 0.717) is 5.56 Å². The Labute approximate surface area is 142 Å². The third-order valence-electron chi connectivity index (χ3n) is 3.00. The van der Waals surface area contributed by atoms with E-state index in [4.69, 9.17) is 16.3 Å². The predicted molar refractivity (Wildman–Crippen MR) is 75.2 cm³/mol. The van der Waals surface area contributed by atoms with E-state index in [2.05, 4.69) is 4.98 Å². The molecule has 0 spiro atoms. The molecule has 10 heteroatoms. The number of halogens is 7. The molecular formula is C15H8ClF6NO2. The summed E-state index contributed by atoms with van der Waals surface area (Å²) in [6.45, 7) is -0.309. The highest BCUT2D eigenvalue weighted by Crippen LogP contribution is 2.40. The van der Waals surface area contributed by atoms with Gasteiger partial charge in [-0.1, -0.05) is 30.3 Å². The van der Waals surface area contributed by atoms with Crippen LogP contribution in [0.1, 0.15) is 27.2 Å². The Morgan fingerprint density at radius 1 is 1.04 bits per heavy atom. The standard InChI is InChI=1S/C15H8ClF6NO2/c16-13(24)11-9(14(17,18)19)6-10(23-12(11)15(20,21)22)25-7-8-4-2-1-3-5-8/h1-6H,7H2. The summed E-state index contributed by atoms with van der Waals surface area (Å²) >= 11 is 4.93. The van der Waals surface area contributed by atoms with Gasteiger partial charge >= 0.3 is 12.4 Å². The number of ether oxygens (including phenoxy) is 1. The van der Waals surface area contributed by atoms with Gasteiger partial charge in [-0.15, -0.1) is 0 Å². The smallest absolute Gasteiger partial charge is 0.434 e. The number of carbonyl (C=O) groups excluding carboxylic acids is 1. The van der Waals surface area contributed by atoms with E-state index in [1.165, 1.54) is 0 Å². The summed E-state index contributed by atoms with van der Waals surface area (Å²) < 4.78 is 83.2. The van der Waals surface area contributed by atoms with Crippen LogP contribution >= 0.6 is 11.6 Å². The molecule has 1 heterocycles. The van der Waals surface area contributed by atoms with Crippen molar-refractivity contribution >= 4 is 16.8 Å². The highest BCUT2D eigenvalue weighted by atomic mass is 35.5. The first-order chi connectivity index (χ1) is 11.5. The first-order valence-electron chi connectivity index (χ1n) is 6.56. The highest BCUT2D eigenvalue weighted by molar-refractivity contribution is 6.68. The molecule has 0 amide bonds. The second-order valence-electron chi connectivity index (χ2n) is 4.78. The van der Waals surface area contributed by atoms with Crippen molar-refractivity contribution in [2.45, 2.75) is 19.0 Å². The monoisotopic (exact) mass is 383 g/mol. The molecule has 0 fully saturated rings. The second-order valence-corrected chi connectivity index (χ2v) is 5.12. The van der Waals surface area contributed by atoms with Gasteiger partial charge in [-0.05, 0) is 17.2 Å². The molecule has 134 valence electrons. The van der Waals surface area contributed by atoms with Gasteiger partial charge in [-0.2, -0.15) is 26.3 Å². The third kappa shape index (κ3) is 4.62. The number of benzene rings is 1. The lowest BCUT2D eigenvalue weighted by Crippen LogP contribution is -2.21. The first-order valence-corrected chi connectivity index (χ1v) is 6.94. The van der Waals surface area contributed by atoms with Crippen LogP contribution in [0.2, 0.25) is 0 Å². The molecule has 1 aromatic carbocycles. The minimum atomic E-state index is -5.33. The molecule has 2 rings (SSSR count). The van der Waals surface area contributed by atoms with Crippen molar-refractivity contribution < 1.29 is 35.9 Å². The minimum absolute atomic E-state index is 0.216. The fourth-order valence-electron chi connectivity index (χ4n) is 1.95. The molecule has 0 atom stereocenters. The van der Waals surface area contributed by atoms with Crippen molar-refractivity contribution in [3.05, 3.63) is 58.8 Å². The van der Waals surface area contributed by atoms with Crippen LogP contribution in [0, 0.1) is 0 Å². The van der Waals surface area contributed by atoms with Crippen molar-refractivity contribution in [3.8, 4) is 5.88 Å². The molecule has 0 bridgehead atoms. The Kier molecular flexibility index (Phi) is 5.26. The van der Waals surface area contributed by atoms with Gasteiger partial charge in [0.2, 0.25) is 5.88 Å². The summed E-state index contributed by atoms with van der Waals surface area (Å²) in [5.41, 5.74) is -5.17. The minimum Gasteiger partial charge on any atom is -0.473 e. The maximum absolute atomic E-state index is 13.1. The largest absolute Gasteiger partial charge is 0.473 e. The number of rotatable bonds is 4. The van der Waals surface area contributed by atoms with E-state index in [-0.39, 0.29) is 12.7 Å². The van der Waals surface area contributed by atoms with E-state index in [9.17, 15) is 31.1 Å². The maximum atomic E-state index is 13.1. The number of hydrogen-bond donors (Lipinski definition) is 0. The SMILES string of the molecule is O=C(Cl)c1c(C(F)(F)F)cc(OCc2ccccc2)nc1C(F)(F)F. The number of carbonyl (C=O) groups is 1. The van der Waals surface area contributed by atoms with E-state index in [1.54, 1.807) is 30.3 Å². The molecule has 0 N–H and O–H groups in total. The van der Waals surface area contributed by atoms with E-state index in [1.807, 2.05) is 0 Å². The summed E-state index contributed by atoms with van der Waals surface area (Å²) in [7, 11) is 0. The van der Waals surface area contributed by atoms with Crippen LogP contribution in [-0.4, -0.2) is 10.2 Å². The lowest BCUT2D eigenvalue weighted by atomic mass is 10.1. The van der Waals surface area contributed by atoms with Crippen molar-refractivity contribution in [3.63, 3.8) is 0 Å². The Hall–Kier alpha value is -2.29. The Balaban J connectivity index is 2.53. The summed E-state index contributed by atoms with van der Waals surface area (Å²) in [6.07, 6.45) is -10.6. The van der Waals surface area contributed by atoms with Crippen LogP contribution in [0.15, 0.2) is 36.4 Å². The molecular weight excluding hydrogens is 376 g/mol. The van der Waals surface area contributed by atoms with Gasteiger partial charge in [0.05, 0.1) is 11.1 Å². The van der Waals surface area contributed by atoms with Crippen molar-refractivity contribution in [2.75, 3.05) is 0 Å². The summed E-state index contributed by atoms with van der Waals surface area (Å²) in [4.78, 5) is 14.2. The van der Waals surface area contributed by atoms with Gasteiger partial charge in [0, 0.05) is 6.07 Å². The lowest BCUT2D eigenvalue weighted by molar-refractivity contribution is -0.146. The summed E-state index contributed by atoms with van der Waals surface area (Å²) in [6, 6.07) is 8.24. The van der Waals surface area contributed by atoms with Gasteiger partial charge in [0.1, 0.15) is 6.61 Å².